The maximum absolute atomic E-state index is 10.7. The third kappa shape index (κ3) is 2.51. The van der Waals surface area contributed by atoms with Crippen molar-refractivity contribution >= 4 is 11.9 Å². The molecule has 0 radical (unpaired) electrons. The van der Waals surface area contributed by atoms with Gasteiger partial charge >= 0.3 is 5.97 Å². The molecule has 2 rings (SSSR count). The summed E-state index contributed by atoms with van der Waals surface area (Å²) >= 11 is 0. The zero-order chi connectivity index (χ0) is 12.3. The number of hydrogen-bond donors (Lipinski definition) is 3. The largest absolute Gasteiger partial charge is 0.478 e. The lowest BCUT2D eigenvalue weighted by molar-refractivity contribution is 0.0696. The number of anilines is 1. The fraction of sp³-hybridized carbons (Fsp3) is 0.500. The minimum atomic E-state index is -1.05. The van der Waals surface area contributed by atoms with Crippen molar-refractivity contribution < 1.29 is 15.0 Å². The standard InChI is InChI=1S/C10H14N4O3/c15-6-8-5-11-1-2-14(8)10-12-3-7(4-13-10)9(16)17/h3-4,8,11,15H,1-2,5-6H2,(H,16,17). The Bertz CT molecular complexity index is 395. The number of nitrogens with zero attached hydrogens (tertiary/aromatic N) is 3. The van der Waals surface area contributed by atoms with Crippen LogP contribution in [0.5, 0.6) is 0 Å². The normalized spacial score (nSPS) is 20.3. The van der Waals surface area contributed by atoms with Crippen molar-refractivity contribution in [2.24, 2.45) is 0 Å². The predicted molar refractivity (Wildman–Crippen MR) is 60.1 cm³/mol. The van der Waals surface area contributed by atoms with E-state index in [-0.39, 0.29) is 18.2 Å². The molecule has 1 aromatic heterocycles. The second-order valence-electron chi connectivity index (χ2n) is 3.81. The molecule has 0 aliphatic carbocycles. The van der Waals surface area contributed by atoms with Gasteiger partial charge in [0.05, 0.1) is 18.2 Å². The number of aromatic carboxylic acids is 1. The molecular formula is C10H14N4O3. The van der Waals surface area contributed by atoms with E-state index in [1.54, 1.807) is 0 Å². The van der Waals surface area contributed by atoms with Gasteiger partial charge in [-0.1, -0.05) is 0 Å². The number of rotatable bonds is 3. The molecule has 0 amide bonds. The van der Waals surface area contributed by atoms with Gasteiger partial charge < -0.3 is 20.4 Å². The second kappa shape index (κ2) is 5.07. The van der Waals surface area contributed by atoms with Crippen LogP contribution in [-0.4, -0.2) is 58.4 Å². The summed E-state index contributed by atoms with van der Waals surface area (Å²) in [5.74, 6) is -0.592. The molecule has 17 heavy (non-hydrogen) atoms. The first-order valence-electron chi connectivity index (χ1n) is 5.36. The lowest BCUT2D eigenvalue weighted by Gasteiger charge is -2.34. The quantitative estimate of drug-likeness (QED) is 0.617. The number of aliphatic hydroxyl groups excluding tert-OH is 1. The molecule has 2 heterocycles. The number of piperazine rings is 1. The van der Waals surface area contributed by atoms with Gasteiger partial charge in [-0.25, -0.2) is 14.8 Å². The Kier molecular flexibility index (Phi) is 3.50. The van der Waals surface area contributed by atoms with Gasteiger partial charge in [-0.3, -0.25) is 0 Å². The van der Waals surface area contributed by atoms with Crippen molar-refractivity contribution in [3.05, 3.63) is 18.0 Å². The summed E-state index contributed by atoms with van der Waals surface area (Å²) in [6.45, 7) is 2.16. The predicted octanol–water partition coefficient (Wildman–Crippen LogP) is -1.05. The SMILES string of the molecule is O=C(O)c1cnc(N2CCNCC2CO)nc1. The first kappa shape index (κ1) is 11.7. The summed E-state index contributed by atoms with van der Waals surface area (Å²) in [6, 6.07) is -0.0700. The average molecular weight is 238 g/mol. The van der Waals surface area contributed by atoms with Gasteiger partial charge in [0.1, 0.15) is 0 Å². The lowest BCUT2D eigenvalue weighted by atomic mass is 10.2. The molecule has 0 bridgehead atoms. The Balaban J connectivity index is 2.17. The van der Waals surface area contributed by atoms with Gasteiger partial charge in [0.2, 0.25) is 5.95 Å². The molecule has 1 fully saturated rings. The van der Waals surface area contributed by atoms with Crippen LogP contribution >= 0.6 is 0 Å². The summed E-state index contributed by atoms with van der Waals surface area (Å²) in [4.78, 5) is 20.6. The first-order chi connectivity index (χ1) is 8.22. The summed E-state index contributed by atoms with van der Waals surface area (Å²) < 4.78 is 0. The lowest BCUT2D eigenvalue weighted by Crippen LogP contribution is -2.53. The highest BCUT2D eigenvalue weighted by atomic mass is 16.4. The number of carbonyl (C=O) groups is 1. The molecule has 1 aromatic rings. The van der Waals surface area contributed by atoms with E-state index in [9.17, 15) is 9.90 Å². The van der Waals surface area contributed by atoms with Crippen LogP contribution in [0.1, 0.15) is 10.4 Å². The highest BCUT2D eigenvalue weighted by Crippen LogP contribution is 2.12. The van der Waals surface area contributed by atoms with Crippen molar-refractivity contribution in [3.63, 3.8) is 0 Å². The molecule has 1 aliphatic rings. The highest BCUT2D eigenvalue weighted by Gasteiger charge is 2.23. The number of aliphatic hydroxyl groups is 1. The minimum absolute atomic E-state index is 0.0110. The Hall–Kier alpha value is -1.73. The molecule has 3 N–H and O–H groups in total. The zero-order valence-electron chi connectivity index (χ0n) is 9.20. The maximum Gasteiger partial charge on any atom is 0.338 e. The van der Waals surface area contributed by atoms with Gasteiger partial charge in [-0.05, 0) is 0 Å². The van der Waals surface area contributed by atoms with Gasteiger partial charge in [0.15, 0.2) is 0 Å². The molecule has 1 aliphatic heterocycles. The number of nitrogens with one attached hydrogen (secondary N) is 1. The third-order valence-electron chi connectivity index (χ3n) is 2.70. The van der Waals surface area contributed by atoms with Crippen LogP contribution in [-0.2, 0) is 0 Å². The van der Waals surface area contributed by atoms with Crippen LogP contribution in [0.25, 0.3) is 0 Å². The van der Waals surface area contributed by atoms with Crippen LogP contribution in [0, 0.1) is 0 Å². The van der Waals surface area contributed by atoms with Gasteiger partial charge in [-0.2, -0.15) is 0 Å². The summed E-state index contributed by atoms with van der Waals surface area (Å²) in [6.07, 6.45) is 2.56. The number of aromatic nitrogens is 2. The zero-order valence-corrected chi connectivity index (χ0v) is 9.20. The second-order valence-corrected chi connectivity index (χ2v) is 3.81. The van der Waals surface area contributed by atoms with Crippen molar-refractivity contribution in [1.29, 1.82) is 0 Å². The van der Waals surface area contributed by atoms with E-state index >= 15 is 0 Å². The monoisotopic (exact) mass is 238 g/mol. The molecule has 0 spiro atoms. The Morgan fingerprint density at radius 3 is 2.82 bits per heavy atom. The van der Waals surface area contributed by atoms with Crippen molar-refractivity contribution in [3.8, 4) is 0 Å². The average Bonchev–Trinajstić information content (AvgIpc) is 2.39. The Labute approximate surface area is 98.1 Å². The van der Waals surface area contributed by atoms with Crippen molar-refractivity contribution in [2.45, 2.75) is 6.04 Å². The van der Waals surface area contributed by atoms with Crippen LogP contribution in [0.3, 0.4) is 0 Å². The summed E-state index contributed by atoms with van der Waals surface area (Å²) in [5, 5.41) is 21.1. The van der Waals surface area contributed by atoms with Crippen LogP contribution < -0.4 is 10.2 Å². The van der Waals surface area contributed by atoms with Crippen molar-refractivity contribution in [2.75, 3.05) is 31.1 Å². The Morgan fingerprint density at radius 1 is 1.53 bits per heavy atom. The fourth-order valence-corrected chi connectivity index (χ4v) is 1.77. The van der Waals surface area contributed by atoms with Crippen molar-refractivity contribution in [1.82, 2.24) is 15.3 Å². The van der Waals surface area contributed by atoms with E-state index < -0.39 is 5.97 Å². The molecule has 1 saturated heterocycles. The Morgan fingerprint density at radius 2 is 2.24 bits per heavy atom. The maximum atomic E-state index is 10.7. The smallest absolute Gasteiger partial charge is 0.338 e. The molecule has 0 aromatic carbocycles. The van der Waals surface area contributed by atoms with Crippen LogP contribution in [0.4, 0.5) is 5.95 Å². The first-order valence-corrected chi connectivity index (χ1v) is 5.36. The molecule has 1 unspecified atom stereocenters. The van der Waals surface area contributed by atoms with Crippen LogP contribution in [0.2, 0.25) is 0 Å². The van der Waals surface area contributed by atoms with Crippen LogP contribution in [0.15, 0.2) is 12.4 Å². The van der Waals surface area contributed by atoms with E-state index in [0.717, 1.165) is 6.54 Å². The summed E-state index contributed by atoms with van der Waals surface area (Å²) in [5.41, 5.74) is 0.0597. The number of hydrogen-bond acceptors (Lipinski definition) is 6. The molecule has 7 nitrogen and oxygen atoms in total. The molecule has 92 valence electrons. The number of carboxylic acid groups (broad SMARTS) is 1. The molecule has 1 atom stereocenters. The number of carboxylic acids is 1. The molecular weight excluding hydrogens is 224 g/mol. The minimum Gasteiger partial charge on any atom is -0.478 e. The van der Waals surface area contributed by atoms with E-state index in [1.807, 2.05) is 4.90 Å². The molecule has 0 saturated carbocycles. The van der Waals surface area contributed by atoms with Gasteiger partial charge in [0.25, 0.3) is 0 Å². The van der Waals surface area contributed by atoms with E-state index in [1.165, 1.54) is 12.4 Å². The topological polar surface area (TPSA) is 98.6 Å². The van der Waals surface area contributed by atoms with E-state index in [0.29, 0.717) is 19.0 Å². The fourth-order valence-electron chi connectivity index (χ4n) is 1.77. The third-order valence-corrected chi connectivity index (χ3v) is 2.70. The summed E-state index contributed by atoms with van der Waals surface area (Å²) in [7, 11) is 0. The molecule has 7 heteroatoms. The van der Waals surface area contributed by atoms with E-state index in [4.69, 9.17) is 5.11 Å². The van der Waals surface area contributed by atoms with Gasteiger partial charge in [-0.15, -0.1) is 0 Å². The van der Waals surface area contributed by atoms with E-state index in [2.05, 4.69) is 15.3 Å². The highest BCUT2D eigenvalue weighted by molar-refractivity contribution is 5.86. The van der Waals surface area contributed by atoms with Gasteiger partial charge in [0, 0.05) is 32.0 Å².